The van der Waals surface area contributed by atoms with Gasteiger partial charge in [-0.25, -0.2) is 4.90 Å². The quantitative estimate of drug-likeness (QED) is 0.723. The molecule has 1 fully saturated rings. The van der Waals surface area contributed by atoms with E-state index >= 15 is 0 Å². The van der Waals surface area contributed by atoms with E-state index in [0.29, 0.717) is 23.0 Å². The average molecular weight is 399 g/mol. The van der Waals surface area contributed by atoms with Gasteiger partial charge >= 0.3 is 0 Å². The van der Waals surface area contributed by atoms with Crippen LogP contribution in [-0.2, 0) is 22.6 Å². The first-order valence-corrected chi connectivity index (χ1v) is 9.38. The minimum absolute atomic E-state index is 0.326. The van der Waals surface area contributed by atoms with Crippen molar-refractivity contribution >= 4 is 29.1 Å². The number of carbonyl (C=O) groups excluding carboxylic acids is 2. The van der Waals surface area contributed by atoms with Crippen LogP contribution in [0.1, 0.15) is 18.1 Å². The van der Waals surface area contributed by atoms with Crippen LogP contribution in [0, 0.1) is 0 Å². The Morgan fingerprint density at radius 1 is 1.07 bits per heavy atom. The van der Waals surface area contributed by atoms with Crippen LogP contribution in [0.3, 0.4) is 0 Å². The number of ether oxygens (including phenoxy) is 1. The fourth-order valence-electron chi connectivity index (χ4n) is 3.47. The van der Waals surface area contributed by atoms with Crippen LogP contribution >= 0.6 is 11.6 Å². The summed E-state index contributed by atoms with van der Waals surface area (Å²) in [6, 6.07) is 11.3. The molecule has 8 heteroatoms. The third kappa shape index (κ3) is 3.01. The number of amides is 2. The zero-order chi connectivity index (χ0) is 19.8. The van der Waals surface area contributed by atoms with Gasteiger partial charge in [-0.05, 0) is 35.7 Å². The second kappa shape index (κ2) is 7.24. The third-order valence-electron chi connectivity index (χ3n) is 5.03. The number of anilines is 1. The van der Waals surface area contributed by atoms with Gasteiger partial charge in [-0.3, -0.25) is 14.6 Å². The standard InChI is InChI=1S/C20H19ClN4O3/c1-3-12-4-6-13(7-5-12)11-24-18-17(22-23-24)19(26)25(20(18)27)14-8-9-16(28-2)15(21)10-14/h4-10,17-18H,3,11H2,1-2H3/t17-,18+/m0/s1. The number of fused-ring (bicyclic) bond motifs is 1. The van der Waals surface area contributed by atoms with Crippen molar-refractivity contribution in [2.45, 2.75) is 32.0 Å². The molecule has 0 bridgehead atoms. The van der Waals surface area contributed by atoms with Crippen molar-refractivity contribution in [2.24, 2.45) is 10.3 Å². The number of rotatable bonds is 5. The largest absolute Gasteiger partial charge is 0.495 e. The molecular formula is C20H19ClN4O3. The summed E-state index contributed by atoms with van der Waals surface area (Å²) in [6.45, 7) is 2.50. The topological polar surface area (TPSA) is 74.6 Å². The number of halogens is 1. The molecule has 0 aliphatic carbocycles. The zero-order valence-electron chi connectivity index (χ0n) is 15.5. The molecule has 2 aromatic rings. The van der Waals surface area contributed by atoms with E-state index in [2.05, 4.69) is 17.3 Å². The molecule has 2 aromatic carbocycles. The van der Waals surface area contributed by atoms with Crippen LogP contribution in [0.4, 0.5) is 5.69 Å². The molecule has 7 nitrogen and oxygen atoms in total. The van der Waals surface area contributed by atoms with E-state index in [1.54, 1.807) is 23.2 Å². The van der Waals surface area contributed by atoms with Crippen LogP contribution < -0.4 is 9.64 Å². The van der Waals surface area contributed by atoms with Crippen LogP contribution in [0.5, 0.6) is 5.75 Å². The Balaban J connectivity index is 1.57. The average Bonchev–Trinajstić information content (AvgIpc) is 3.22. The summed E-state index contributed by atoms with van der Waals surface area (Å²) < 4.78 is 5.13. The summed E-state index contributed by atoms with van der Waals surface area (Å²) in [5, 5.41) is 10.0. The van der Waals surface area contributed by atoms with Gasteiger partial charge in [0.1, 0.15) is 5.75 Å². The van der Waals surface area contributed by atoms with Crippen molar-refractivity contribution in [2.75, 3.05) is 12.0 Å². The molecule has 144 valence electrons. The van der Waals surface area contributed by atoms with Crippen molar-refractivity contribution in [3.63, 3.8) is 0 Å². The molecule has 1 saturated heterocycles. The number of hydrogen-bond acceptors (Lipinski definition) is 6. The summed E-state index contributed by atoms with van der Waals surface area (Å²) in [6.07, 6.45) is 0.959. The predicted octanol–water partition coefficient (Wildman–Crippen LogP) is 3.40. The first-order chi connectivity index (χ1) is 13.5. The molecule has 0 radical (unpaired) electrons. The maximum absolute atomic E-state index is 13.0. The summed E-state index contributed by atoms with van der Waals surface area (Å²) in [5.41, 5.74) is 2.64. The molecule has 0 N–H and O–H groups in total. The van der Waals surface area contributed by atoms with Crippen molar-refractivity contribution in [1.82, 2.24) is 5.01 Å². The Kier molecular flexibility index (Phi) is 4.77. The van der Waals surface area contributed by atoms with Crippen LogP contribution in [-0.4, -0.2) is 36.0 Å². The molecule has 0 unspecified atom stereocenters. The highest BCUT2D eigenvalue weighted by Gasteiger charge is 2.54. The van der Waals surface area contributed by atoms with Crippen molar-refractivity contribution in [1.29, 1.82) is 0 Å². The van der Waals surface area contributed by atoms with E-state index in [1.807, 2.05) is 24.3 Å². The number of hydrogen-bond donors (Lipinski definition) is 0. The van der Waals surface area contributed by atoms with E-state index in [4.69, 9.17) is 16.3 Å². The summed E-state index contributed by atoms with van der Waals surface area (Å²) in [5.74, 6) is -0.281. The SMILES string of the molecule is CCc1ccc(CN2N=N[C@@H]3C(=O)N(c4ccc(OC)c(Cl)c4)C(=O)[C@@H]32)cc1. The van der Waals surface area contributed by atoms with Gasteiger partial charge in [0.25, 0.3) is 11.8 Å². The highest BCUT2D eigenvalue weighted by atomic mass is 35.5. The highest BCUT2D eigenvalue weighted by Crippen LogP contribution is 2.35. The molecule has 0 aromatic heterocycles. The molecule has 2 atom stereocenters. The fraction of sp³-hybridized carbons (Fsp3) is 0.300. The van der Waals surface area contributed by atoms with Gasteiger partial charge in [-0.2, -0.15) is 5.11 Å². The fourth-order valence-corrected chi connectivity index (χ4v) is 3.72. The number of benzene rings is 2. The zero-order valence-corrected chi connectivity index (χ0v) is 16.3. The molecule has 2 heterocycles. The Morgan fingerprint density at radius 2 is 1.79 bits per heavy atom. The number of imide groups is 1. The Morgan fingerprint density at radius 3 is 2.43 bits per heavy atom. The molecule has 0 spiro atoms. The minimum atomic E-state index is -0.830. The lowest BCUT2D eigenvalue weighted by Crippen LogP contribution is -2.39. The molecular weight excluding hydrogens is 380 g/mol. The van der Waals surface area contributed by atoms with Gasteiger partial charge in [0.15, 0.2) is 12.1 Å². The minimum Gasteiger partial charge on any atom is -0.495 e. The maximum atomic E-state index is 13.0. The number of nitrogens with zero attached hydrogens (tertiary/aromatic N) is 4. The Bertz CT molecular complexity index is 960. The van der Waals surface area contributed by atoms with E-state index in [-0.39, 0.29) is 5.91 Å². The molecule has 4 rings (SSSR count). The van der Waals surface area contributed by atoms with Gasteiger partial charge < -0.3 is 4.74 Å². The number of carbonyl (C=O) groups is 2. The van der Waals surface area contributed by atoms with E-state index in [1.165, 1.54) is 12.7 Å². The van der Waals surface area contributed by atoms with Gasteiger partial charge in [0.2, 0.25) is 0 Å². The molecule has 2 aliphatic heterocycles. The van der Waals surface area contributed by atoms with E-state index < -0.39 is 18.0 Å². The highest BCUT2D eigenvalue weighted by molar-refractivity contribution is 6.33. The van der Waals surface area contributed by atoms with Crippen LogP contribution in [0.25, 0.3) is 0 Å². The molecule has 0 saturated carbocycles. The Hall–Kier alpha value is -2.93. The van der Waals surface area contributed by atoms with Crippen molar-refractivity contribution in [3.05, 3.63) is 58.6 Å². The van der Waals surface area contributed by atoms with E-state index in [0.717, 1.165) is 16.9 Å². The lowest BCUT2D eigenvalue weighted by atomic mass is 10.1. The maximum Gasteiger partial charge on any atom is 0.263 e. The predicted molar refractivity (Wildman–Crippen MR) is 104 cm³/mol. The van der Waals surface area contributed by atoms with Crippen molar-refractivity contribution in [3.8, 4) is 5.75 Å². The lowest BCUT2D eigenvalue weighted by molar-refractivity contribution is -0.123. The monoisotopic (exact) mass is 398 g/mol. The first-order valence-electron chi connectivity index (χ1n) is 9.00. The third-order valence-corrected chi connectivity index (χ3v) is 5.32. The summed E-state index contributed by atoms with van der Waals surface area (Å²) in [4.78, 5) is 27.0. The van der Waals surface area contributed by atoms with Gasteiger partial charge in [-0.15, -0.1) is 0 Å². The number of aryl methyl sites for hydroxylation is 1. The van der Waals surface area contributed by atoms with Gasteiger partial charge in [-0.1, -0.05) is 48.0 Å². The van der Waals surface area contributed by atoms with Crippen molar-refractivity contribution < 1.29 is 14.3 Å². The van der Waals surface area contributed by atoms with Crippen LogP contribution in [0.15, 0.2) is 52.8 Å². The summed E-state index contributed by atoms with van der Waals surface area (Å²) in [7, 11) is 1.50. The second-order valence-corrected chi connectivity index (χ2v) is 7.10. The Labute approximate surface area is 167 Å². The summed E-state index contributed by atoms with van der Waals surface area (Å²) >= 11 is 6.16. The first kappa shape index (κ1) is 18.4. The van der Waals surface area contributed by atoms with E-state index in [9.17, 15) is 9.59 Å². The van der Waals surface area contributed by atoms with Gasteiger partial charge in [0, 0.05) is 0 Å². The molecule has 2 aliphatic rings. The normalized spacial score (nSPS) is 20.8. The lowest BCUT2D eigenvalue weighted by Gasteiger charge is -2.21. The molecule has 2 amide bonds. The smallest absolute Gasteiger partial charge is 0.263 e. The molecule has 28 heavy (non-hydrogen) atoms. The van der Waals surface area contributed by atoms with Gasteiger partial charge in [0.05, 0.1) is 24.4 Å². The van der Waals surface area contributed by atoms with Crippen LogP contribution in [0.2, 0.25) is 5.02 Å². The second-order valence-electron chi connectivity index (χ2n) is 6.69. The number of methoxy groups -OCH3 is 1.